The second-order valence-electron chi connectivity index (χ2n) is 5.70. The van der Waals surface area contributed by atoms with Crippen molar-refractivity contribution in [3.63, 3.8) is 0 Å². The topological polar surface area (TPSA) is 56.7 Å². The fourth-order valence-electron chi connectivity index (χ4n) is 2.22. The second kappa shape index (κ2) is 11.4. The molecule has 0 bridgehead atoms. The maximum Gasteiger partial charge on any atom is 0.253 e. The summed E-state index contributed by atoms with van der Waals surface area (Å²) in [5.74, 6) is 0.752. The molecule has 2 rings (SSSR count). The first-order valence-electron chi connectivity index (χ1n) is 7.99. The van der Waals surface area contributed by atoms with Crippen LogP contribution in [-0.2, 0) is 13.0 Å². The van der Waals surface area contributed by atoms with E-state index in [1.165, 1.54) is 4.88 Å². The first kappa shape index (κ1) is 22.7. The number of benzene rings is 1. The molecule has 2 aromatic rings. The smallest absolute Gasteiger partial charge is 0.253 e. The normalized spacial score (nSPS) is 10.8. The monoisotopic (exact) mass is 506 g/mol. The predicted molar refractivity (Wildman–Crippen MR) is 121 cm³/mol. The molecule has 26 heavy (non-hydrogen) atoms. The number of nitrogens with one attached hydrogen (secondary N) is 2. The zero-order chi connectivity index (χ0) is 18.2. The highest BCUT2D eigenvalue weighted by molar-refractivity contribution is 14.0. The molecule has 0 aliphatic carbocycles. The standard InChI is InChI=1S/C18H23ClN4OS.HI/c1-20-18(21-11-10-15-8-9-16(19)25-15)22-12-13-4-6-14(7-5-13)17(24)23(2)3;/h4-9H,10-12H2,1-3H3,(H2,20,21,22);1H. The molecule has 8 heteroatoms. The van der Waals surface area contributed by atoms with E-state index in [0.29, 0.717) is 12.1 Å². The lowest BCUT2D eigenvalue weighted by Gasteiger charge is -2.13. The highest BCUT2D eigenvalue weighted by Crippen LogP contribution is 2.21. The van der Waals surface area contributed by atoms with Crippen LogP contribution < -0.4 is 10.6 Å². The van der Waals surface area contributed by atoms with E-state index < -0.39 is 0 Å². The number of carbonyl (C=O) groups is 1. The summed E-state index contributed by atoms with van der Waals surface area (Å²) in [4.78, 5) is 18.9. The minimum absolute atomic E-state index is 0. The van der Waals surface area contributed by atoms with E-state index in [1.807, 2.05) is 36.4 Å². The van der Waals surface area contributed by atoms with Gasteiger partial charge in [0.05, 0.1) is 4.34 Å². The third-order valence-corrected chi connectivity index (χ3v) is 4.87. The Morgan fingerprint density at radius 3 is 2.38 bits per heavy atom. The Morgan fingerprint density at radius 2 is 1.85 bits per heavy atom. The molecule has 0 saturated heterocycles. The largest absolute Gasteiger partial charge is 0.356 e. The molecule has 0 unspecified atom stereocenters. The molecule has 0 radical (unpaired) electrons. The van der Waals surface area contributed by atoms with Crippen molar-refractivity contribution in [2.24, 2.45) is 4.99 Å². The van der Waals surface area contributed by atoms with Crippen molar-refractivity contribution in [2.45, 2.75) is 13.0 Å². The molecular weight excluding hydrogens is 483 g/mol. The van der Waals surface area contributed by atoms with Gasteiger partial charge in [0.25, 0.3) is 5.91 Å². The molecule has 0 aliphatic heterocycles. The molecule has 5 nitrogen and oxygen atoms in total. The Balaban J connectivity index is 0.00000338. The van der Waals surface area contributed by atoms with Crippen molar-refractivity contribution in [3.8, 4) is 0 Å². The molecule has 0 atom stereocenters. The summed E-state index contributed by atoms with van der Waals surface area (Å²) in [6.07, 6.45) is 0.902. The van der Waals surface area contributed by atoms with Gasteiger partial charge in [-0.05, 0) is 36.2 Å². The van der Waals surface area contributed by atoms with Crippen LogP contribution in [0.4, 0.5) is 0 Å². The summed E-state index contributed by atoms with van der Waals surface area (Å²) in [6, 6.07) is 11.5. The molecule has 142 valence electrons. The van der Waals surface area contributed by atoms with Crippen LogP contribution >= 0.6 is 46.9 Å². The first-order chi connectivity index (χ1) is 12.0. The van der Waals surface area contributed by atoms with Crippen LogP contribution in [0, 0.1) is 0 Å². The van der Waals surface area contributed by atoms with Gasteiger partial charge >= 0.3 is 0 Å². The van der Waals surface area contributed by atoms with Crippen molar-refractivity contribution in [2.75, 3.05) is 27.7 Å². The summed E-state index contributed by atoms with van der Waals surface area (Å²) in [5.41, 5.74) is 1.77. The lowest BCUT2D eigenvalue weighted by molar-refractivity contribution is 0.0827. The Kier molecular flexibility index (Phi) is 9.97. The first-order valence-corrected chi connectivity index (χ1v) is 9.18. The summed E-state index contributed by atoms with van der Waals surface area (Å²) in [5, 5.41) is 6.55. The van der Waals surface area contributed by atoms with Crippen LogP contribution in [0.25, 0.3) is 0 Å². The van der Waals surface area contributed by atoms with E-state index in [4.69, 9.17) is 11.6 Å². The maximum atomic E-state index is 11.9. The van der Waals surface area contributed by atoms with E-state index in [0.717, 1.165) is 28.8 Å². The third kappa shape index (κ3) is 7.13. The molecule has 0 fully saturated rings. The van der Waals surface area contributed by atoms with E-state index in [2.05, 4.69) is 15.6 Å². The quantitative estimate of drug-likeness (QED) is 0.357. The lowest BCUT2D eigenvalue weighted by Crippen LogP contribution is -2.37. The van der Waals surface area contributed by atoms with Crippen LogP contribution in [0.1, 0.15) is 20.8 Å². The summed E-state index contributed by atoms with van der Waals surface area (Å²) in [7, 11) is 5.24. The van der Waals surface area contributed by atoms with Gasteiger partial charge in [-0.2, -0.15) is 0 Å². The number of carbonyl (C=O) groups excluding carboxylic acids is 1. The van der Waals surface area contributed by atoms with Crippen LogP contribution in [0.5, 0.6) is 0 Å². The zero-order valence-corrected chi connectivity index (χ0v) is 19.0. The number of halogens is 2. The minimum Gasteiger partial charge on any atom is -0.356 e. The number of aliphatic imine (C=N–C) groups is 1. The molecule has 0 spiro atoms. The Labute approximate surface area is 180 Å². The van der Waals surface area contributed by atoms with Crippen molar-refractivity contribution in [3.05, 3.63) is 56.7 Å². The van der Waals surface area contributed by atoms with Crippen LogP contribution in [0.15, 0.2) is 41.4 Å². The van der Waals surface area contributed by atoms with Gasteiger partial charge in [-0.3, -0.25) is 9.79 Å². The zero-order valence-electron chi connectivity index (χ0n) is 15.1. The number of guanidine groups is 1. The highest BCUT2D eigenvalue weighted by atomic mass is 127. The highest BCUT2D eigenvalue weighted by Gasteiger charge is 2.07. The molecule has 0 aliphatic rings. The number of amides is 1. The molecule has 0 saturated carbocycles. The number of nitrogens with zero attached hydrogens (tertiary/aromatic N) is 2. The average Bonchev–Trinajstić information content (AvgIpc) is 3.03. The van der Waals surface area contributed by atoms with Crippen molar-refractivity contribution in [1.29, 1.82) is 0 Å². The van der Waals surface area contributed by atoms with Crippen LogP contribution in [-0.4, -0.2) is 44.5 Å². The SMILES string of the molecule is CN=C(NCCc1ccc(Cl)s1)NCc1ccc(C(=O)N(C)C)cc1.I. The van der Waals surface area contributed by atoms with Gasteiger partial charge in [0.2, 0.25) is 0 Å². The minimum atomic E-state index is 0. The number of hydrogen-bond acceptors (Lipinski definition) is 3. The van der Waals surface area contributed by atoms with Gasteiger partial charge in [0.15, 0.2) is 5.96 Å². The lowest BCUT2D eigenvalue weighted by atomic mass is 10.1. The van der Waals surface area contributed by atoms with E-state index in [-0.39, 0.29) is 29.9 Å². The molecule has 1 amide bonds. The van der Waals surface area contributed by atoms with Gasteiger partial charge in [-0.15, -0.1) is 35.3 Å². The maximum absolute atomic E-state index is 11.9. The average molecular weight is 507 g/mol. The molecule has 1 aromatic heterocycles. The fourth-order valence-corrected chi connectivity index (χ4v) is 3.31. The number of thiophene rings is 1. The van der Waals surface area contributed by atoms with E-state index in [9.17, 15) is 4.79 Å². The van der Waals surface area contributed by atoms with Gasteiger partial charge in [-0.25, -0.2) is 0 Å². The Hall–Kier alpha value is -1.32. The Bertz CT molecular complexity index is 731. The number of hydrogen-bond donors (Lipinski definition) is 2. The van der Waals surface area contributed by atoms with Gasteiger partial charge < -0.3 is 15.5 Å². The summed E-state index contributed by atoms with van der Waals surface area (Å²) < 4.78 is 0.814. The molecule has 1 heterocycles. The van der Waals surface area contributed by atoms with Gasteiger partial charge in [0, 0.05) is 44.7 Å². The molecular formula is C18H24ClIN4OS. The van der Waals surface area contributed by atoms with Crippen LogP contribution in [0.3, 0.4) is 0 Å². The number of rotatable bonds is 6. The van der Waals surface area contributed by atoms with Gasteiger partial charge in [0.1, 0.15) is 0 Å². The van der Waals surface area contributed by atoms with Gasteiger partial charge in [-0.1, -0.05) is 23.7 Å². The van der Waals surface area contributed by atoms with E-state index in [1.54, 1.807) is 37.4 Å². The predicted octanol–water partition coefficient (Wildman–Crippen LogP) is 3.63. The van der Waals surface area contributed by atoms with Crippen molar-refractivity contribution in [1.82, 2.24) is 15.5 Å². The van der Waals surface area contributed by atoms with Crippen LogP contribution in [0.2, 0.25) is 4.34 Å². The fraction of sp³-hybridized carbons (Fsp3) is 0.333. The summed E-state index contributed by atoms with van der Waals surface area (Å²) in [6.45, 7) is 1.42. The third-order valence-electron chi connectivity index (χ3n) is 3.58. The Morgan fingerprint density at radius 1 is 1.15 bits per heavy atom. The second-order valence-corrected chi connectivity index (χ2v) is 7.50. The molecule has 2 N–H and O–H groups in total. The summed E-state index contributed by atoms with van der Waals surface area (Å²) >= 11 is 7.53. The van der Waals surface area contributed by atoms with E-state index >= 15 is 0 Å². The van der Waals surface area contributed by atoms with Crippen molar-refractivity contribution < 1.29 is 4.79 Å². The molecule has 1 aromatic carbocycles. The van der Waals surface area contributed by atoms with Crippen molar-refractivity contribution >= 4 is 58.8 Å².